The normalized spacial score (nSPS) is 21.2. The van der Waals surface area contributed by atoms with Gasteiger partial charge < -0.3 is 19.9 Å². The molecule has 0 aliphatic heterocycles. The molecule has 10 nitrogen and oxygen atoms in total. The standard InChI is InChI=1S/C25H31F2N5O.C8H13N3O/c1-24(11-6-12-24)28-14-17-13-19(25(2,26)27)20-16-32(23(33)31(20)15-17)22-10-5-9-21(30-22)29-18-7-3-4-8-18;1-11-5-9-10-8(11)6-3-7(4-6)12-2/h5,9-10,13,15-16,18,28H,3-4,6-8,11-12,14H2,1-2H3,(H,29,30);5-7H,3-4H2,1-2H3. The molecule has 0 spiro atoms. The molecule has 45 heavy (non-hydrogen) atoms. The molecule has 0 saturated heterocycles. The van der Waals surface area contributed by atoms with Crippen molar-refractivity contribution in [2.24, 2.45) is 7.05 Å². The quantitative estimate of drug-likeness (QED) is 0.247. The van der Waals surface area contributed by atoms with Crippen LogP contribution in [0.2, 0.25) is 0 Å². The summed E-state index contributed by atoms with van der Waals surface area (Å²) < 4.78 is 39.0. The topological polar surface area (TPSA) is 103 Å². The van der Waals surface area contributed by atoms with E-state index in [1.165, 1.54) is 40.5 Å². The van der Waals surface area contributed by atoms with Gasteiger partial charge in [-0.3, -0.25) is 8.97 Å². The number of ether oxygens (including phenoxy) is 1. The number of nitrogens with one attached hydrogen (secondary N) is 2. The molecule has 0 radical (unpaired) electrons. The highest BCUT2D eigenvalue weighted by Gasteiger charge is 2.34. The lowest BCUT2D eigenvalue weighted by molar-refractivity contribution is 0.0186. The molecule has 3 aliphatic rings. The first-order valence-electron chi connectivity index (χ1n) is 16.0. The Kier molecular flexibility index (Phi) is 8.80. The van der Waals surface area contributed by atoms with Crippen LogP contribution >= 0.6 is 0 Å². The number of hydrogen-bond donors (Lipinski definition) is 2. The Labute approximate surface area is 262 Å². The van der Waals surface area contributed by atoms with Gasteiger partial charge in [0.2, 0.25) is 0 Å². The van der Waals surface area contributed by atoms with E-state index in [0.717, 1.165) is 51.3 Å². The Hall–Kier alpha value is -3.64. The summed E-state index contributed by atoms with van der Waals surface area (Å²) in [5.74, 6) is -0.328. The van der Waals surface area contributed by atoms with E-state index in [0.29, 0.717) is 41.8 Å². The molecular weight excluding hydrogens is 578 g/mol. The zero-order chi connectivity index (χ0) is 31.8. The highest BCUT2D eigenvalue weighted by atomic mass is 19.3. The van der Waals surface area contributed by atoms with Gasteiger partial charge in [-0.2, -0.15) is 0 Å². The van der Waals surface area contributed by atoms with Gasteiger partial charge in [0.25, 0.3) is 5.92 Å². The predicted molar refractivity (Wildman–Crippen MR) is 169 cm³/mol. The summed E-state index contributed by atoms with van der Waals surface area (Å²) in [6, 6.07) is 7.33. The van der Waals surface area contributed by atoms with Crippen molar-refractivity contribution in [3.63, 3.8) is 0 Å². The van der Waals surface area contributed by atoms with E-state index in [2.05, 4.69) is 32.7 Å². The van der Waals surface area contributed by atoms with Crippen molar-refractivity contribution in [3.8, 4) is 5.82 Å². The van der Waals surface area contributed by atoms with Crippen LogP contribution in [0.3, 0.4) is 0 Å². The van der Waals surface area contributed by atoms with Crippen LogP contribution in [0.25, 0.3) is 11.3 Å². The second-order valence-corrected chi connectivity index (χ2v) is 13.3. The van der Waals surface area contributed by atoms with E-state index in [9.17, 15) is 13.6 Å². The Balaban J connectivity index is 0.000000248. The molecule has 4 aromatic heterocycles. The summed E-state index contributed by atoms with van der Waals surface area (Å²) in [7, 11) is 3.74. The molecule has 12 heteroatoms. The van der Waals surface area contributed by atoms with Gasteiger partial charge in [0, 0.05) is 63.1 Å². The smallest absolute Gasteiger partial charge is 0.338 e. The number of anilines is 1. The maximum atomic E-state index is 14.6. The molecular formula is C33H44F2N8O2. The fraction of sp³-hybridized carbons (Fsp3) is 0.576. The Morgan fingerprint density at radius 2 is 1.89 bits per heavy atom. The number of halogens is 2. The van der Waals surface area contributed by atoms with Crippen molar-refractivity contribution in [3.05, 3.63) is 70.4 Å². The maximum Gasteiger partial charge on any atom is 0.338 e. The highest BCUT2D eigenvalue weighted by molar-refractivity contribution is 5.58. The Morgan fingerprint density at radius 3 is 2.51 bits per heavy atom. The fourth-order valence-corrected chi connectivity index (χ4v) is 6.60. The van der Waals surface area contributed by atoms with E-state index < -0.39 is 11.6 Å². The minimum Gasteiger partial charge on any atom is -0.381 e. The van der Waals surface area contributed by atoms with Gasteiger partial charge >= 0.3 is 5.69 Å². The van der Waals surface area contributed by atoms with Crippen LogP contribution in [0.5, 0.6) is 0 Å². The van der Waals surface area contributed by atoms with Crippen molar-refractivity contribution in [1.29, 1.82) is 0 Å². The lowest BCUT2D eigenvalue weighted by atomic mass is 9.78. The van der Waals surface area contributed by atoms with Crippen molar-refractivity contribution in [2.45, 2.75) is 108 Å². The van der Waals surface area contributed by atoms with Gasteiger partial charge in [-0.15, -0.1) is 10.2 Å². The maximum absolute atomic E-state index is 14.6. The largest absolute Gasteiger partial charge is 0.381 e. The zero-order valence-corrected chi connectivity index (χ0v) is 26.6. The number of aromatic nitrogens is 6. The van der Waals surface area contributed by atoms with E-state index in [1.54, 1.807) is 25.7 Å². The molecule has 4 heterocycles. The summed E-state index contributed by atoms with van der Waals surface area (Å²) >= 11 is 0. The second-order valence-electron chi connectivity index (χ2n) is 13.3. The summed E-state index contributed by atoms with van der Waals surface area (Å²) in [6.07, 6.45) is 15.4. The summed E-state index contributed by atoms with van der Waals surface area (Å²) in [4.78, 5) is 17.9. The van der Waals surface area contributed by atoms with Crippen molar-refractivity contribution >= 4 is 11.3 Å². The second kappa shape index (κ2) is 12.6. The van der Waals surface area contributed by atoms with Crippen LogP contribution in [-0.2, 0) is 24.3 Å². The number of hydrogen-bond acceptors (Lipinski definition) is 7. The van der Waals surface area contributed by atoms with Gasteiger partial charge in [-0.25, -0.2) is 18.6 Å². The monoisotopic (exact) mass is 622 g/mol. The number of alkyl halides is 2. The van der Waals surface area contributed by atoms with Gasteiger partial charge in [-0.1, -0.05) is 18.9 Å². The SMILES string of the molecule is CC1(NCc2cc(C(C)(F)F)c3cn(-c4cccc(NC5CCCC5)n4)c(=O)n3c2)CCC1.COC1CC(c2nncn2C)C1. The Bertz CT molecular complexity index is 1670. The Morgan fingerprint density at radius 1 is 1.13 bits per heavy atom. The molecule has 3 saturated carbocycles. The van der Waals surface area contributed by atoms with Crippen LogP contribution < -0.4 is 16.3 Å². The number of imidazole rings is 1. The van der Waals surface area contributed by atoms with Gasteiger partial charge in [0.15, 0.2) is 0 Å². The van der Waals surface area contributed by atoms with E-state index in [4.69, 9.17) is 4.74 Å². The number of pyridine rings is 2. The lowest BCUT2D eigenvalue weighted by Gasteiger charge is -2.39. The molecule has 0 bridgehead atoms. The number of fused-ring (bicyclic) bond motifs is 1. The molecule has 0 unspecified atom stereocenters. The van der Waals surface area contributed by atoms with Crippen molar-refractivity contribution < 1.29 is 13.5 Å². The number of rotatable bonds is 9. The minimum atomic E-state index is -3.08. The number of aryl methyl sites for hydroxylation is 1. The fourth-order valence-electron chi connectivity index (χ4n) is 6.60. The van der Waals surface area contributed by atoms with Gasteiger partial charge in [-0.05, 0) is 75.6 Å². The van der Waals surface area contributed by atoms with Crippen LogP contribution in [0.4, 0.5) is 14.6 Å². The van der Waals surface area contributed by atoms with Gasteiger partial charge in [0.1, 0.15) is 23.8 Å². The molecule has 0 atom stereocenters. The first-order chi connectivity index (χ1) is 21.5. The zero-order valence-electron chi connectivity index (χ0n) is 26.6. The predicted octanol–water partition coefficient (Wildman–Crippen LogP) is 5.69. The molecule has 4 aromatic rings. The number of methoxy groups -OCH3 is 1. The molecule has 0 aromatic carbocycles. The third kappa shape index (κ3) is 6.81. The molecule has 3 aliphatic carbocycles. The molecule has 0 amide bonds. The van der Waals surface area contributed by atoms with Crippen LogP contribution in [0.1, 0.15) is 94.5 Å². The van der Waals surface area contributed by atoms with E-state index in [-0.39, 0.29) is 16.6 Å². The summed E-state index contributed by atoms with van der Waals surface area (Å²) in [6.45, 7) is 3.45. The van der Waals surface area contributed by atoms with Crippen LogP contribution in [-0.4, -0.2) is 53.5 Å². The third-order valence-corrected chi connectivity index (χ3v) is 9.70. The summed E-state index contributed by atoms with van der Waals surface area (Å²) in [5.41, 5.74) is 0.338. The van der Waals surface area contributed by atoms with E-state index in [1.807, 2.05) is 23.7 Å². The van der Waals surface area contributed by atoms with E-state index >= 15 is 0 Å². The first-order valence-corrected chi connectivity index (χ1v) is 16.0. The molecule has 2 N–H and O–H groups in total. The molecule has 242 valence electrons. The van der Waals surface area contributed by atoms with Crippen LogP contribution in [0, 0.1) is 0 Å². The van der Waals surface area contributed by atoms with Crippen molar-refractivity contribution in [2.75, 3.05) is 12.4 Å². The average Bonchev–Trinajstić information content (AvgIpc) is 3.71. The van der Waals surface area contributed by atoms with Crippen LogP contribution in [0.15, 0.2) is 47.8 Å². The molecule has 7 rings (SSSR count). The highest BCUT2D eigenvalue weighted by Crippen LogP contribution is 2.37. The third-order valence-electron chi connectivity index (χ3n) is 9.70. The number of nitrogens with zero attached hydrogens (tertiary/aromatic N) is 6. The van der Waals surface area contributed by atoms with Gasteiger partial charge in [0.05, 0.1) is 11.6 Å². The first kappa shape index (κ1) is 31.3. The molecule has 3 fully saturated rings. The lowest BCUT2D eigenvalue weighted by Crippen LogP contribution is -2.47. The average molecular weight is 623 g/mol. The summed E-state index contributed by atoms with van der Waals surface area (Å²) in [5, 5.41) is 14.8. The van der Waals surface area contributed by atoms with Crippen molar-refractivity contribution in [1.82, 2.24) is 34.0 Å². The minimum absolute atomic E-state index is 0.0391.